The number of hydrogen-bond donors (Lipinski definition) is 3. The van der Waals surface area contributed by atoms with E-state index in [1.165, 1.54) is 0 Å². The van der Waals surface area contributed by atoms with Crippen molar-refractivity contribution in [3.63, 3.8) is 0 Å². The number of aliphatic hydroxyl groups is 1. The smallest absolute Gasteiger partial charge is 0.251 e. The fraction of sp³-hybridized carbons (Fsp3) is 0.533. The zero-order valence-electron chi connectivity index (χ0n) is 11.9. The van der Waals surface area contributed by atoms with Crippen LogP contribution in [0.2, 0.25) is 0 Å². The van der Waals surface area contributed by atoms with Crippen LogP contribution in [-0.4, -0.2) is 37.3 Å². The Labute approximate surface area is 119 Å². The van der Waals surface area contributed by atoms with Gasteiger partial charge in [-0.1, -0.05) is 0 Å². The van der Waals surface area contributed by atoms with Crippen LogP contribution in [0, 0.1) is 5.92 Å². The Kier molecular flexibility index (Phi) is 4.84. The van der Waals surface area contributed by atoms with Gasteiger partial charge in [0.25, 0.3) is 5.91 Å². The standard InChI is InChI=1S/C15H23N3O2/c1-2-17-15(20)12-3-4-14(13(16)9-12)18-7-5-11(10-18)6-8-19/h3-4,9,11,19H,2,5-8,10,16H2,1H3,(H,17,20). The van der Waals surface area contributed by atoms with Gasteiger partial charge in [0.15, 0.2) is 0 Å². The Hall–Kier alpha value is -1.75. The molecule has 1 saturated heterocycles. The van der Waals surface area contributed by atoms with Gasteiger partial charge in [0.1, 0.15) is 0 Å². The molecule has 1 aromatic carbocycles. The molecule has 1 atom stereocenters. The molecule has 0 radical (unpaired) electrons. The molecule has 1 heterocycles. The summed E-state index contributed by atoms with van der Waals surface area (Å²) < 4.78 is 0. The van der Waals surface area contributed by atoms with Crippen molar-refractivity contribution >= 4 is 17.3 Å². The molecule has 0 aromatic heterocycles. The third kappa shape index (κ3) is 3.22. The highest BCUT2D eigenvalue weighted by Crippen LogP contribution is 2.30. The van der Waals surface area contributed by atoms with E-state index in [1.54, 1.807) is 6.07 Å². The first kappa shape index (κ1) is 14.7. The lowest BCUT2D eigenvalue weighted by Gasteiger charge is -2.21. The predicted molar refractivity (Wildman–Crippen MR) is 80.9 cm³/mol. The number of nitrogen functional groups attached to an aromatic ring is 1. The second-order valence-corrected chi connectivity index (χ2v) is 5.25. The Bertz CT molecular complexity index is 476. The molecule has 0 bridgehead atoms. The van der Waals surface area contributed by atoms with E-state index < -0.39 is 0 Å². The maximum absolute atomic E-state index is 11.8. The Morgan fingerprint density at radius 3 is 3.00 bits per heavy atom. The number of hydrogen-bond acceptors (Lipinski definition) is 4. The second-order valence-electron chi connectivity index (χ2n) is 5.25. The van der Waals surface area contributed by atoms with Crippen LogP contribution in [0.5, 0.6) is 0 Å². The molecule has 0 spiro atoms. The summed E-state index contributed by atoms with van der Waals surface area (Å²) in [6.45, 7) is 4.61. The highest BCUT2D eigenvalue weighted by Gasteiger charge is 2.23. The Morgan fingerprint density at radius 2 is 2.35 bits per heavy atom. The maximum Gasteiger partial charge on any atom is 0.251 e. The normalized spacial score (nSPS) is 18.3. The molecule has 5 heteroatoms. The number of anilines is 2. The van der Waals surface area contributed by atoms with E-state index in [0.717, 1.165) is 31.6 Å². The number of nitrogens with one attached hydrogen (secondary N) is 1. The van der Waals surface area contributed by atoms with Gasteiger partial charge in [0, 0.05) is 31.8 Å². The second kappa shape index (κ2) is 6.61. The minimum Gasteiger partial charge on any atom is -0.397 e. The van der Waals surface area contributed by atoms with Crippen molar-refractivity contribution in [2.45, 2.75) is 19.8 Å². The monoisotopic (exact) mass is 277 g/mol. The third-order valence-electron chi connectivity index (χ3n) is 3.79. The number of nitrogens with zero attached hydrogens (tertiary/aromatic N) is 1. The number of carbonyl (C=O) groups excluding carboxylic acids is 1. The Morgan fingerprint density at radius 1 is 1.55 bits per heavy atom. The van der Waals surface area contributed by atoms with E-state index in [1.807, 2.05) is 19.1 Å². The fourth-order valence-corrected chi connectivity index (χ4v) is 2.72. The molecule has 1 aromatic rings. The molecular weight excluding hydrogens is 254 g/mol. The summed E-state index contributed by atoms with van der Waals surface area (Å²) in [6, 6.07) is 5.47. The summed E-state index contributed by atoms with van der Waals surface area (Å²) in [5, 5.41) is 11.8. The molecule has 110 valence electrons. The third-order valence-corrected chi connectivity index (χ3v) is 3.79. The van der Waals surface area contributed by atoms with Gasteiger partial charge in [-0.3, -0.25) is 4.79 Å². The first-order chi connectivity index (χ1) is 9.65. The van der Waals surface area contributed by atoms with E-state index in [0.29, 0.717) is 23.7 Å². The summed E-state index contributed by atoms with van der Waals surface area (Å²) in [5.74, 6) is 0.438. The minimum atomic E-state index is -0.0923. The minimum absolute atomic E-state index is 0.0923. The number of carbonyl (C=O) groups is 1. The molecule has 20 heavy (non-hydrogen) atoms. The van der Waals surface area contributed by atoms with Gasteiger partial charge in [0.05, 0.1) is 11.4 Å². The predicted octanol–water partition coefficient (Wildman–Crippen LogP) is 1.23. The van der Waals surface area contributed by atoms with Gasteiger partial charge in [-0.2, -0.15) is 0 Å². The highest BCUT2D eigenvalue weighted by molar-refractivity contribution is 5.96. The number of rotatable bonds is 5. The van der Waals surface area contributed by atoms with Crippen LogP contribution >= 0.6 is 0 Å². The molecule has 1 unspecified atom stereocenters. The average molecular weight is 277 g/mol. The molecule has 1 amide bonds. The van der Waals surface area contributed by atoms with E-state index in [2.05, 4.69) is 10.2 Å². The van der Waals surface area contributed by atoms with Crippen molar-refractivity contribution in [1.82, 2.24) is 5.32 Å². The van der Waals surface area contributed by atoms with Crippen molar-refractivity contribution in [2.24, 2.45) is 5.92 Å². The molecule has 1 aliphatic rings. The number of amides is 1. The van der Waals surface area contributed by atoms with Gasteiger partial charge < -0.3 is 21.1 Å². The van der Waals surface area contributed by atoms with Gasteiger partial charge in [-0.15, -0.1) is 0 Å². The van der Waals surface area contributed by atoms with Crippen molar-refractivity contribution in [3.05, 3.63) is 23.8 Å². The largest absolute Gasteiger partial charge is 0.397 e. The van der Waals surface area contributed by atoms with Crippen LogP contribution in [0.15, 0.2) is 18.2 Å². The zero-order chi connectivity index (χ0) is 14.5. The molecule has 0 aliphatic carbocycles. The molecule has 4 N–H and O–H groups in total. The van der Waals surface area contributed by atoms with Crippen molar-refractivity contribution in [3.8, 4) is 0 Å². The van der Waals surface area contributed by atoms with Crippen LogP contribution in [0.25, 0.3) is 0 Å². The highest BCUT2D eigenvalue weighted by atomic mass is 16.3. The summed E-state index contributed by atoms with van der Waals surface area (Å²) in [4.78, 5) is 14.0. The topological polar surface area (TPSA) is 78.6 Å². The quantitative estimate of drug-likeness (QED) is 0.707. The van der Waals surface area contributed by atoms with Crippen molar-refractivity contribution in [1.29, 1.82) is 0 Å². The molecule has 5 nitrogen and oxygen atoms in total. The van der Waals surface area contributed by atoms with Crippen LogP contribution in [0.3, 0.4) is 0 Å². The summed E-state index contributed by atoms with van der Waals surface area (Å²) in [5.41, 5.74) is 8.30. The summed E-state index contributed by atoms with van der Waals surface area (Å²) >= 11 is 0. The zero-order valence-corrected chi connectivity index (χ0v) is 11.9. The van der Waals surface area contributed by atoms with Gasteiger partial charge in [-0.05, 0) is 43.9 Å². The number of benzene rings is 1. The Balaban J connectivity index is 2.08. The van der Waals surface area contributed by atoms with Gasteiger partial charge in [0.2, 0.25) is 0 Å². The van der Waals surface area contributed by atoms with E-state index in [4.69, 9.17) is 10.8 Å². The fourth-order valence-electron chi connectivity index (χ4n) is 2.72. The average Bonchev–Trinajstić information content (AvgIpc) is 2.87. The van der Waals surface area contributed by atoms with Crippen LogP contribution in [0.4, 0.5) is 11.4 Å². The van der Waals surface area contributed by atoms with Gasteiger partial charge >= 0.3 is 0 Å². The lowest BCUT2D eigenvalue weighted by Crippen LogP contribution is -2.24. The first-order valence-electron chi connectivity index (χ1n) is 7.19. The van der Waals surface area contributed by atoms with E-state index >= 15 is 0 Å². The van der Waals surface area contributed by atoms with Crippen molar-refractivity contribution in [2.75, 3.05) is 36.9 Å². The van der Waals surface area contributed by atoms with E-state index in [-0.39, 0.29) is 12.5 Å². The summed E-state index contributed by atoms with van der Waals surface area (Å²) in [7, 11) is 0. The number of aliphatic hydroxyl groups excluding tert-OH is 1. The molecule has 0 saturated carbocycles. The first-order valence-corrected chi connectivity index (χ1v) is 7.19. The van der Waals surface area contributed by atoms with Crippen LogP contribution < -0.4 is 16.0 Å². The van der Waals surface area contributed by atoms with E-state index in [9.17, 15) is 4.79 Å². The van der Waals surface area contributed by atoms with Crippen LogP contribution in [-0.2, 0) is 0 Å². The molecule has 1 aliphatic heterocycles. The lowest BCUT2D eigenvalue weighted by atomic mass is 10.1. The molecule has 1 fully saturated rings. The lowest BCUT2D eigenvalue weighted by molar-refractivity contribution is 0.0956. The van der Waals surface area contributed by atoms with Crippen molar-refractivity contribution < 1.29 is 9.90 Å². The van der Waals surface area contributed by atoms with Gasteiger partial charge in [-0.25, -0.2) is 0 Å². The summed E-state index contributed by atoms with van der Waals surface area (Å²) in [6.07, 6.45) is 1.92. The SMILES string of the molecule is CCNC(=O)c1ccc(N2CCC(CCO)C2)c(N)c1. The maximum atomic E-state index is 11.8. The number of nitrogens with two attached hydrogens (primary N) is 1. The molecule has 2 rings (SSSR count). The molecular formula is C15H23N3O2. The van der Waals surface area contributed by atoms with Crippen LogP contribution in [0.1, 0.15) is 30.1 Å².